The number of fused-ring (bicyclic) bond motifs is 1. The summed E-state index contributed by atoms with van der Waals surface area (Å²) in [6, 6.07) is 14.1. The molecule has 0 saturated heterocycles. The zero-order valence-corrected chi connectivity index (χ0v) is 18.2. The second kappa shape index (κ2) is 8.34. The first-order chi connectivity index (χ1) is 14.9. The van der Waals surface area contributed by atoms with Crippen LogP contribution in [-0.2, 0) is 13.1 Å². The molecule has 4 aromatic rings. The van der Waals surface area contributed by atoms with Crippen molar-refractivity contribution in [3.63, 3.8) is 0 Å². The lowest BCUT2D eigenvalue weighted by Gasteiger charge is -2.19. The molecular formula is C24H26FN5O. The van der Waals surface area contributed by atoms with Gasteiger partial charge in [0.05, 0.1) is 40.7 Å². The first-order valence-corrected chi connectivity index (χ1v) is 10.4. The Labute approximate surface area is 180 Å². The van der Waals surface area contributed by atoms with Gasteiger partial charge in [-0.2, -0.15) is 5.10 Å². The molecule has 0 N–H and O–H groups in total. The molecule has 2 aromatic heterocycles. The minimum atomic E-state index is -0.308. The third kappa shape index (κ3) is 3.83. The molecule has 160 valence electrons. The number of halogens is 1. The minimum absolute atomic E-state index is 0.0557. The first-order valence-electron chi connectivity index (χ1n) is 10.4. The lowest BCUT2D eigenvalue weighted by Crippen LogP contribution is -2.28. The van der Waals surface area contributed by atoms with E-state index in [0.717, 1.165) is 34.8 Å². The van der Waals surface area contributed by atoms with Crippen LogP contribution in [0.3, 0.4) is 0 Å². The Morgan fingerprint density at radius 2 is 1.84 bits per heavy atom. The smallest absolute Gasteiger partial charge is 0.257 e. The van der Waals surface area contributed by atoms with Gasteiger partial charge in [0, 0.05) is 13.6 Å². The number of carbonyl (C=O) groups is 1. The fraction of sp³-hybridized carbons (Fsp3) is 0.292. The Kier molecular flexibility index (Phi) is 5.59. The average Bonchev–Trinajstić information content (AvgIpc) is 3.35. The fourth-order valence-corrected chi connectivity index (χ4v) is 3.95. The predicted octanol–water partition coefficient (Wildman–Crippen LogP) is 4.78. The fourth-order valence-electron chi connectivity index (χ4n) is 3.95. The molecule has 7 heteroatoms. The summed E-state index contributed by atoms with van der Waals surface area (Å²) in [6.07, 6.45) is 1.60. The van der Waals surface area contributed by atoms with Gasteiger partial charge in [0.2, 0.25) is 0 Å². The maximum atomic E-state index is 13.4. The third-order valence-corrected chi connectivity index (χ3v) is 5.43. The molecule has 31 heavy (non-hydrogen) atoms. The molecule has 0 spiro atoms. The summed E-state index contributed by atoms with van der Waals surface area (Å²) in [6.45, 7) is 7.27. The van der Waals surface area contributed by atoms with Gasteiger partial charge in [-0.25, -0.2) is 14.1 Å². The molecule has 0 fully saturated rings. The lowest BCUT2D eigenvalue weighted by atomic mass is 10.0. The number of para-hydroxylation sites is 2. The molecule has 0 unspecified atom stereocenters. The van der Waals surface area contributed by atoms with E-state index in [2.05, 4.69) is 16.6 Å². The van der Waals surface area contributed by atoms with E-state index in [-0.39, 0.29) is 17.6 Å². The average molecular weight is 420 g/mol. The van der Waals surface area contributed by atoms with E-state index >= 15 is 0 Å². The number of aromatic nitrogens is 4. The molecule has 4 rings (SSSR count). The van der Waals surface area contributed by atoms with Crippen molar-refractivity contribution in [1.29, 1.82) is 0 Å². The molecule has 0 atom stereocenters. The Morgan fingerprint density at radius 3 is 2.52 bits per heavy atom. The van der Waals surface area contributed by atoms with Crippen LogP contribution in [0.1, 0.15) is 48.6 Å². The van der Waals surface area contributed by atoms with Crippen LogP contribution in [0.5, 0.6) is 0 Å². The van der Waals surface area contributed by atoms with Gasteiger partial charge in [-0.1, -0.05) is 26.0 Å². The summed E-state index contributed by atoms with van der Waals surface area (Å²) >= 11 is 0. The van der Waals surface area contributed by atoms with E-state index in [4.69, 9.17) is 4.98 Å². The second-order valence-electron chi connectivity index (χ2n) is 7.91. The normalized spacial score (nSPS) is 11.4. The van der Waals surface area contributed by atoms with Crippen LogP contribution < -0.4 is 0 Å². The van der Waals surface area contributed by atoms with E-state index in [1.54, 1.807) is 35.0 Å². The SMILES string of the molecule is CCn1c(CN(C)C(=O)c2cnn(-c3ccc(F)cc3)c2C(C)C)nc2ccccc21. The zero-order chi connectivity index (χ0) is 22.1. The van der Waals surface area contributed by atoms with Crippen LogP contribution in [0.25, 0.3) is 16.7 Å². The molecule has 1 amide bonds. The van der Waals surface area contributed by atoms with Gasteiger partial charge >= 0.3 is 0 Å². The Morgan fingerprint density at radius 1 is 1.13 bits per heavy atom. The maximum absolute atomic E-state index is 13.4. The standard InChI is InChI=1S/C24H26FN5O/c1-5-29-21-9-7-6-8-20(21)27-22(29)15-28(4)24(31)19-14-26-30(23(19)16(2)3)18-12-10-17(25)11-13-18/h6-14,16H,5,15H2,1-4H3. The third-order valence-electron chi connectivity index (χ3n) is 5.43. The highest BCUT2D eigenvalue weighted by Gasteiger charge is 2.24. The first kappa shape index (κ1) is 20.8. The number of hydrogen-bond donors (Lipinski definition) is 0. The van der Waals surface area contributed by atoms with E-state index in [0.29, 0.717) is 12.1 Å². The van der Waals surface area contributed by atoms with Crippen molar-refractivity contribution >= 4 is 16.9 Å². The summed E-state index contributed by atoms with van der Waals surface area (Å²) in [5, 5.41) is 4.44. The van der Waals surface area contributed by atoms with Gasteiger partial charge in [-0.15, -0.1) is 0 Å². The number of benzene rings is 2. The monoisotopic (exact) mass is 419 g/mol. The van der Waals surface area contributed by atoms with Gasteiger partial charge in [-0.3, -0.25) is 4.79 Å². The van der Waals surface area contributed by atoms with Gasteiger partial charge in [0.15, 0.2) is 0 Å². The number of rotatable bonds is 6. The molecule has 0 aliphatic rings. The van der Waals surface area contributed by atoms with Crippen molar-refractivity contribution in [3.05, 3.63) is 77.6 Å². The predicted molar refractivity (Wildman–Crippen MR) is 119 cm³/mol. The van der Waals surface area contributed by atoms with E-state index < -0.39 is 0 Å². The summed E-state index contributed by atoms with van der Waals surface area (Å²) in [5.41, 5.74) is 4.05. The summed E-state index contributed by atoms with van der Waals surface area (Å²) in [7, 11) is 1.78. The van der Waals surface area contributed by atoms with Gasteiger partial charge in [-0.05, 0) is 49.2 Å². The molecule has 0 aliphatic heterocycles. The van der Waals surface area contributed by atoms with Crippen molar-refractivity contribution in [1.82, 2.24) is 24.2 Å². The largest absolute Gasteiger partial charge is 0.334 e. The number of carbonyl (C=O) groups excluding carboxylic acids is 1. The van der Waals surface area contributed by atoms with Crippen molar-refractivity contribution in [2.45, 2.75) is 39.8 Å². The highest BCUT2D eigenvalue weighted by molar-refractivity contribution is 5.95. The molecule has 2 aromatic carbocycles. The zero-order valence-electron chi connectivity index (χ0n) is 18.2. The Hall–Kier alpha value is -3.48. The number of hydrogen-bond acceptors (Lipinski definition) is 3. The van der Waals surface area contributed by atoms with Gasteiger partial charge < -0.3 is 9.47 Å². The highest BCUT2D eigenvalue weighted by Crippen LogP contribution is 2.25. The summed E-state index contributed by atoms with van der Waals surface area (Å²) in [5.74, 6) is 0.473. The number of aryl methyl sites for hydroxylation is 1. The van der Waals surface area contributed by atoms with Crippen molar-refractivity contribution in [3.8, 4) is 5.69 Å². The van der Waals surface area contributed by atoms with Crippen molar-refractivity contribution < 1.29 is 9.18 Å². The van der Waals surface area contributed by atoms with Crippen molar-refractivity contribution in [2.75, 3.05) is 7.05 Å². The van der Waals surface area contributed by atoms with Crippen LogP contribution >= 0.6 is 0 Å². The molecule has 6 nitrogen and oxygen atoms in total. The number of amides is 1. The molecular weight excluding hydrogens is 393 g/mol. The van der Waals surface area contributed by atoms with Crippen molar-refractivity contribution in [2.24, 2.45) is 0 Å². The van der Waals surface area contributed by atoms with E-state index in [9.17, 15) is 9.18 Å². The molecule has 2 heterocycles. The van der Waals surface area contributed by atoms with Crippen LogP contribution in [-0.4, -0.2) is 37.2 Å². The molecule has 0 bridgehead atoms. The van der Waals surface area contributed by atoms with Crippen LogP contribution in [0.4, 0.5) is 4.39 Å². The number of nitrogens with zero attached hydrogens (tertiary/aromatic N) is 5. The number of imidazole rings is 1. The molecule has 0 radical (unpaired) electrons. The maximum Gasteiger partial charge on any atom is 0.257 e. The van der Waals surface area contributed by atoms with Crippen LogP contribution in [0.2, 0.25) is 0 Å². The second-order valence-corrected chi connectivity index (χ2v) is 7.91. The highest BCUT2D eigenvalue weighted by atomic mass is 19.1. The van der Waals surface area contributed by atoms with Gasteiger partial charge in [0.25, 0.3) is 5.91 Å². The van der Waals surface area contributed by atoms with Crippen LogP contribution in [0, 0.1) is 5.82 Å². The summed E-state index contributed by atoms with van der Waals surface area (Å²) < 4.78 is 17.2. The Bertz CT molecular complexity index is 1220. The summed E-state index contributed by atoms with van der Waals surface area (Å²) in [4.78, 5) is 19.8. The quantitative estimate of drug-likeness (QED) is 0.452. The van der Waals surface area contributed by atoms with Gasteiger partial charge in [0.1, 0.15) is 11.6 Å². The van der Waals surface area contributed by atoms with E-state index in [1.807, 2.05) is 38.1 Å². The minimum Gasteiger partial charge on any atom is -0.334 e. The lowest BCUT2D eigenvalue weighted by molar-refractivity contribution is 0.0778. The van der Waals surface area contributed by atoms with Crippen LogP contribution in [0.15, 0.2) is 54.7 Å². The van der Waals surface area contributed by atoms with E-state index in [1.165, 1.54) is 12.1 Å². The Balaban J connectivity index is 1.66. The molecule has 0 aliphatic carbocycles. The topological polar surface area (TPSA) is 56.0 Å². The molecule has 0 saturated carbocycles.